The maximum Gasteiger partial charge on any atom is 0.221 e. The lowest BCUT2D eigenvalue weighted by atomic mass is 9.61. The van der Waals surface area contributed by atoms with Gasteiger partial charge in [0, 0.05) is 35.7 Å². The molecule has 3 unspecified atom stereocenters. The van der Waals surface area contributed by atoms with Crippen molar-refractivity contribution in [2.24, 2.45) is 16.3 Å². The molecule has 0 spiro atoms. The molecule has 0 saturated carbocycles. The van der Waals surface area contributed by atoms with Crippen LogP contribution < -0.4 is 5.43 Å². The van der Waals surface area contributed by atoms with Crippen molar-refractivity contribution < 1.29 is 4.52 Å². The summed E-state index contributed by atoms with van der Waals surface area (Å²) in [6.45, 7) is 2.35. The topological polar surface area (TPSA) is 83.8 Å². The van der Waals surface area contributed by atoms with E-state index in [9.17, 15) is 0 Å². The van der Waals surface area contributed by atoms with Gasteiger partial charge in [-0.1, -0.05) is 55.1 Å². The monoisotopic (exact) mass is 405 g/mol. The molecular weight excluding hydrogens is 378 g/mol. The number of hydrogen-bond acceptors (Lipinski definition) is 7. The number of benzene rings is 1. The number of imidazole rings is 1. The molecule has 0 radical (unpaired) electrons. The van der Waals surface area contributed by atoms with E-state index in [1.807, 2.05) is 19.3 Å². The average Bonchev–Trinajstić information content (AvgIpc) is 3.44. The molecule has 0 amide bonds. The van der Waals surface area contributed by atoms with Crippen LogP contribution in [-0.2, 0) is 24.7 Å². The zero-order valence-corrected chi connectivity index (χ0v) is 16.5. The van der Waals surface area contributed by atoms with Gasteiger partial charge in [-0.05, 0) is 25.2 Å². The Hall–Kier alpha value is -3.00. The van der Waals surface area contributed by atoms with E-state index in [4.69, 9.17) is 9.51 Å². The Morgan fingerprint density at radius 3 is 2.83 bits per heavy atom. The summed E-state index contributed by atoms with van der Waals surface area (Å²) in [5.41, 5.74) is 8.02. The minimum absolute atomic E-state index is 0. The molecule has 0 bridgehead atoms. The van der Waals surface area contributed by atoms with E-state index in [1.165, 1.54) is 17.0 Å². The maximum atomic E-state index is 5.51. The quantitative estimate of drug-likeness (QED) is 0.695. The number of rotatable bonds is 2. The van der Waals surface area contributed by atoms with Crippen molar-refractivity contribution in [2.45, 2.75) is 51.7 Å². The first-order valence-electron chi connectivity index (χ1n) is 10.1. The van der Waals surface area contributed by atoms with Crippen LogP contribution in [0.5, 0.6) is 0 Å². The van der Waals surface area contributed by atoms with Gasteiger partial charge in [0.1, 0.15) is 11.6 Å². The fourth-order valence-electron chi connectivity index (χ4n) is 5.27. The fraction of sp³-hybridized carbons (Fsp3) is 0.455. The van der Waals surface area contributed by atoms with Gasteiger partial charge in [-0.15, -0.1) is 5.11 Å². The summed E-state index contributed by atoms with van der Waals surface area (Å²) in [5, 5.41) is 14.3. The maximum absolute atomic E-state index is 5.51. The third-order valence-electron chi connectivity index (χ3n) is 6.77. The van der Waals surface area contributed by atoms with Gasteiger partial charge >= 0.3 is 0 Å². The lowest BCUT2D eigenvalue weighted by Gasteiger charge is -2.43. The Kier molecular flexibility index (Phi) is 4.28. The van der Waals surface area contributed by atoms with Crippen molar-refractivity contribution in [3.63, 3.8) is 0 Å². The van der Waals surface area contributed by atoms with Crippen LogP contribution >= 0.6 is 0 Å². The van der Waals surface area contributed by atoms with E-state index in [0.29, 0.717) is 5.92 Å². The van der Waals surface area contributed by atoms with Crippen LogP contribution in [0.25, 0.3) is 11.4 Å². The molecule has 1 aromatic carbocycles. The highest BCUT2D eigenvalue weighted by Crippen LogP contribution is 2.49. The van der Waals surface area contributed by atoms with E-state index in [0.717, 1.165) is 42.8 Å². The molecule has 30 heavy (non-hydrogen) atoms. The molecule has 3 heterocycles. The third-order valence-corrected chi connectivity index (χ3v) is 6.77. The first kappa shape index (κ1) is 19.0. The minimum atomic E-state index is -0.277. The molecule has 6 rings (SSSR count). The van der Waals surface area contributed by atoms with Crippen molar-refractivity contribution in [1.29, 1.82) is 0 Å². The number of nitrogens with zero attached hydrogens (tertiary/aromatic N) is 6. The van der Waals surface area contributed by atoms with Gasteiger partial charge in [0.25, 0.3) is 0 Å². The van der Waals surface area contributed by atoms with E-state index in [-0.39, 0.29) is 19.1 Å². The lowest BCUT2D eigenvalue weighted by Crippen LogP contribution is -2.43. The second kappa shape index (κ2) is 6.77. The SMILES string of the molecule is C.CN1N=NC(n2c(-c3ccccc3)nc3c2CCC2Cc4oncc4CC32C)N1. The Balaban J connectivity index is 0.00000193. The highest BCUT2D eigenvalue weighted by atomic mass is 16.5. The molecule has 156 valence electrons. The minimum Gasteiger partial charge on any atom is -0.361 e. The molecule has 0 saturated heterocycles. The Morgan fingerprint density at radius 1 is 1.23 bits per heavy atom. The summed E-state index contributed by atoms with van der Waals surface area (Å²) in [6.07, 6.45) is 5.51. The number of nitrogens with one attached hydrogen (secondary N) is 1. The smallest absolute Gasteiger partial charge is 0.221 e. The summed E-state index contributed by atoms with van der Waals surface area (Å²) < 4.78 is 7.75. The van der Waals surface area contributed by atoms with E-state index < -0.39 is 0 Å². The Bertz CT molecular complexity index is 1100. The van der Waals surface area contributed by atoms with Crippen molar-refractivity contribution in [3.05, 3.63) is 59.2 Å². The van der Waals surface area contributed by atoms with E-state index >= 15 is 0 Å². The molecular formula is C22H27N7O. The average molecular weight is 406 g/mol. The normalized spacial score (nSPS) is 26.7. The van der Waals surface area contributed by atoms with E-state index in [1.54, 1.807) is 5.12 Å². The first-order valence-corrected chi connectivity index (χ1v) is 10.1. The lowest BCUT2D eigenvalue weighted by molar-refractivity contribution is 0.199. The van der Waals surface area contributed by atoms with Crippen LogP contribution in [0.3, 0.4) is 0 Å². The van der Waals surface area contributed by atoms with Gasteiger partial charge in [-0.25, -0.2) is 10.1 Å². The summed E-state index contributed by atoms with van der Waals surface area (Å²) in [6, 6.07) is 10.4. The van der Waals surface area contributed by atoms with Gasteiger partial charge in [0.15, 0.2) is 0 Å². The summed E-state index contributed by atoms with van der Waals surface area (Å²) in [5.74, 6) is 2.50. The number of aromatic nitrogens is 3. The Labute approximate surface area is 175 Å². The van der Waals surface area contributed by atoms with Crippen LogP contribution in [0.2, 0.25) is 0 Å². The largest absolute Gasteiger partial charge is 0.361 e. The van der Waals surface area contributed by atoms with E-state index in [2.05, 4.69) is 56.7 Å². The second-order valence-corrected chi connectivity index (χ2v) is 8.51. The molecule has 3 aliphatic rings. The van der Waals surface area contributed by atoms with Crippen LogP contribution in [0.1, 0.15) is 49.8 Å². The number of hydrazine groups is 1. The molecule has 2 aliphatic carbocycles. The van der Waals surface area contributed by atoms with Crippen molar-refractivity contribution in [2.75, 3.05) is 7.05 Å². The van der Waals surface area contributed by atoms with Crippen molar-refractivity contribution >= 4 is 0 Å². The van der Waals surface area contributed by atoms with Gasteiger partial charge in [-0.2, -0.15) is 5.43 Å². The fourth-order valence-corrected chi connectivity index (χ4v) is 5.27. The highest BCUT2D eigenvalue weighted by molar-refractivity contribution is 5.58. The van der Waals surface area contributed by atoms with Gasteiger partial charge < -0.3 is 4.52 Å². The molecule has 2 aromatic heterocycles. The van der Waals surface area contributed by atoms with Crippen molar-refractivity contribution in [1.82, 2.24) is 25.3 Å². The predicted octanol–water partition coefficient (Wildman–Crippen LogP) is 4.07. The van der Waals surface area contributed by atoms with Gasteiger partial charge in [0.2, 0.25) is 6.29 Å². The summed E-state index contributed by atoms with van der Waals surface area (Å²) >= 11 is 0. The number of fused-ring (bicyclic) bond motifs is 4. The van der Waals surface area contributed by atoms with Crippen molar-refractivity contribution in [3.8, 4) is 11.4 Å². The standard InChI is InChI=1S/C21H23N7O.CH4/c1-21-11-14-12-22-29-17(14)10-15(21)8-9-16-18(21)23-19(13-6-4-3-5-7-13)28(16)20-24-26-27(2)25-20;/h3-7,12,15,20,25H,8-11H2,1-2H3;1H4. The first-order chi connectivity index (χ1) is 14.1. The summed E-state index contributed by atoms with van der Waals surface area (Å²) in [7, 11) is 1.86. The van der Waals surface area contributed by atoms with Crippen LogP contribution in [0, 0.1) is 5.92 Å². The molecule has 8 nitrogen and oxygen atoms in total. The highest BCUT2D eigenvalue weighted by Gasteiger charge is 2.48. The molecule has 3 aromatic rings. The Morgan fingerprint density at radius 2 is 2.07 bits per heavy atom. The zero-order chi connectivity index (χ0) is 19.6. The predicted molar refractivity (Wildman–Crippen MR) is 112 cm³/mol. The van der Waals surface area contributed by atoms with Gasteiger partial charge in [-0.3, -0.25) is 4.57 Å². The molecule has 0 fully saturated rings. The molecule has 1 N–H and O–H groups in total. The molecule has 8 heteroatoms. The third kappa shape index (κ3) is 2.63. The second-order valence-electron chi connectivity index (χ2n) is 8.51. The molecule has 1 aliphatic heterocycles. The van der Waals surface area contributed by atoms with Crippen LogP contribution in [0.15, 0.2) is 51.4 Å². The number of hydrogen-bond donors (Lipinski definition) is 1. The molecule has 3 atom stereocenters. The summed E-state index contributed by atoms with van der Waals surface area (Å²) in [4.78, 5) is 5.26. The van der Waals surface area contributed by atoms with Gasteiger partial charge in [0.05, 0.1) is 11.9 Å². The van der Waals surface area contributed by atoms with Crippen LogP contribution in [0.4, 0.5) is 0 Å². The zero-order valence-electron chi connectivity index (χ0n) is 16.5. The van der Waals surface area contributed by atoms with Crippen LogP contribution in [-0.4, -0.2) is 26.9 Å².